The van der Waals surface area contributed by atoms with Gasteiger partial charge in [-0.25, -0.2) is 4.98 Å². The van der Waals surface area contributed by atoms with Gasteiger partial charge in [-0.05, 0) is 33.6 Å². The Morgan fingerprint density at radius 2 is 2.20 bits per heavy atom. The standard InChI is InChI=1S/C14H20N2O3S/c1-14(2,3)16-10(17)6-4-5-9(13(18)19)11(16)12-15-7-8-20-12/h7-9,11H,4-6H2,1-3H3,(H,18,19). The highest BCUT2D eigenvalue weighted by atomic mass is 32.1. The maximum absolute atomic E-state index is 12.4. The predicted molar refractivity (Wildman–Crippen MR) is 76.4 cm³/mol. The maximum atomic E-state index is 12.4. The zero-order valence-electron chi connectivity index (χ0n) is 12.0. The van der Waals surface area contributed by atoms with E-state index in [4.69, 9.17) is 0 Å². The molecule has 110 valence electrons. The number of amides is 1. The minimum atomic E-state index is -0.853. The van der Waals surface area contributed by atoms with Gasteiger partial charge in [0.1, 0.15) is 5.01 Å². The summed E-state index contributed by atoms with van der Waals surface area (Å²) in [5.74, 6) is -1.43. The number of carbonyl (C=O) groups excluding carboxylic acids is 1. The van der Waals surface area contributed by atoms with E-state index in [1.54, 1.807) is 11.1 Å². The SMILES string of the molecule is CC(C)(C)N1C(=O)CCCC(C(=O)O)C1c1nccs1. The summed E-state index contributed by atoms with van der Waals surface area (Å²) in [6.45, 7) is 5.82. The van der Waals surface area contributed by atoms with Crippen molar-refractivity contribution in [1.82, 2.24) is 9.88 Å². The third-order valence-electron chi connectivity index (χ3n) is 3.58. The van der Waals surface area contributed by atoms with Crippen LogP contribution in [-0.4, -0.2) is 32.4 Å². The lowest BCUT2D eigenvalue weighted by Crippen LogP contribution is -2.49. The highest BCUT2D eigenvalue weighted by Crippen LogP contribution is 2.40. The molecule has 0 aromatic carbocycles. The molecular formula is C14H20N2O3S. The molecule has 2 atom stereocenters. The predicted octanol–water partition coefficient (Wildman–Crippen LogP) is 2.70. The lowest BCUT2D eigenvalue weighted by molar-refractivity contribution is -0.149. The van der Waals surface area contributed by atoms with E-state index in [0.717, 1.165) is 0 Å². The van der Waals surface area contributed by atoms with Crippen LogP contribution in [-0.2, 0) is 9.59 Å². The average molecular weight is 296 g/mol. The number of aromatic nitrogens is 1. The van der Waals surface area contributed by atoms with Gasteiger partial charge in [0.05, 0.1) is 12.0 Å². The summed E-state index contributed by atoms with van der Waals surface area (Å²) in [7, 11) is 0. The second-order valence-corrected chi connectivity index (χ2v) is 7.01. The molecule has 0 saturated carbocycles. The van der Waals surface area contributed by atoms with E-state index in [0.29, 0.717) is 24.3 Å². The summed E-state index contributed by atoms with van der Waals surface area (Å²) in [4.78, 5) is 30.1. The molecule has 1 aromatic rings. The zero-order valence-corrected chi connectivity index (χ0v) is 12.8. The summed E-state index contributed by atoms with van der Waals surface area (Å²) < 4.78 is 0. The van der Waals surface area contributed by atoms with Crippen LogP contribution in [0.4, 0.5) is 0 Å². The minimum Gasteiger partial charge on any atom is -0.481 e. The molecule has 2 heterocycles. The van der Waals surface area contributed by atoms with E-state index in [1.807, 2.05) is 26.2 Å². The van der Waals surface area contributed by atoms with E-state index >= 15 is 0 Å². The number of rotatable bonds is 2. The van der Waals surface area contributed by atoms with Gasteiger partial charge in [-0.3, -0.25) is 9.59 Å². The molecule has 0 spiro atoms. The Bertz CT molecular complexity index is 493. The van der Waals surface area contributed by atoms with Crippen molar-refractivity contribution in [2.24, 2.45) is 5.92 Å². The largest absolute Gasteiger partial charge is 0.481 e. The van der Waals surface area contributed by atoms with Crippen molar-refractivity contribution in [1.29, 1.82) is 0 Å². The summed E-state index contributed by atoms with van der Waals surface area (Å²) >= 11 is 1.41. The van der Waals surface area contributed by atoms with Gasteiger partial charge in [0, 0.05) is 23.5 Å². The van der Waals surface area contributed by atoms with Gasteiger partial charge in [0.2, 0.25) is 5.91 Å². The molecule has 1 aliphatic rings. The fraction of sp³-hybridized carbons (Fsp3) is 0.643. The first kappa shape index (κ1) is 15.0. The molecule has 1 aliphatic heterocycles. The lowest BCUT2D eigenvalue weighted by Gasteiger charge is -2.41. The lowest BCUT2D eigenvalue weighted by atomic mass is 9.92. The number of likely N-dealkylation sites (tertiary alicyclic amines) is 1. The highest BCUT2D eigenvalue weighted by Gasteiger charge is 2.44. The van der Waals surface area contributed by atoms with E-state index in [2.05, 4.69) is 4.98 Å². The second-order valence-electron chi connectivity index (χ2n) is 6.09. The Kier molecular flexibility index (Phi) is 4.13. The number of nitrogens with zero attached hydrogens (tertiary/aromatic N) is 2. The van der Waals surface area contributed by atoms with Gasteiger partial charge < -0.3 is 10.0 Å². The molecule has 2 rings (SSSR count). The first-order chi connectivity index (χ1) is 9.32. The molecule has 6 heteroatoms. The van der Waals surface area contributed by atoms with Crippen LogP contribution < -0.4 is 0 Å². The number of carboxylic acids is 1. The number of thiazole rings is 1. The van der Waals surface area contributed by atoms with Crippen LogP contribution in [0, 0.1) is 5.92 Å². The molecule has 1 N–H and O–H groups in total. The smallest absolute Gasteiger partial charge is 0.309 e. The molecule has 1 aromatic heterocycles. The van der Waals surface area contributed by atoms with Crippen molar-refractivity contribution in [3.05, 3.63) is 16.6 Å². The molecule has 1 saturated heterocycles. The Hall–Kier alpha value is -1.43. The Morgan fingerprint density at radius 1 is 1.50 bits per heavy atom. The van der Waals surface area contributed by atoms with Crippen LogP contribution in [0.15, 0.2) is 11.6 Å². The summed E-state index contributed by atoms with van der Waals surface area (Å²) in [5, 5.41) is 12.1. The van der Waals surface area contributed by atoms with Crippen LogP contribution in [0.5, 0.6) is 0 Å². The molecule has 1 fully saturated rings. The van der Waals surface area contributed by atoms with Gasteiger partial charge in [0.15, 0.2) is 0 Å². The molecule has 0 bridgehead atoms. The molecule has 2 unspecified atom stereocenters. The molecular weight excluding hydrogens is 276 g/mol. The number of carboxylic acid groups (broad SMARTS) is 1. The third-order valence-corrected chi connectivity index (χ3v) is 4.42. The van der Waals surface area contributed by atoms with Crippen molar-refractivity contribution >= 4 is 23.2 Å². The summed E-state index contributed by atoms with van der Waals surface area (Å²) in [6, 6.07) is -0.470. The monoisotopic (exact) mass is 296 g/mol. The van der Waals surface area contributed by atoms with Crippen LogP contribution >= 0.6 is 11.3 Å². The minimum absolute atomic E-state index is 0.0152. The van der Waals surface area contributed by atoms with Gasteiger partial charge in [-0.15, -0.1) is 11.3 Å². The summed E-state index contributed by atoms with van der Waals surface area (Å²) in [5.41, 5.74) is -0.425. The van der Waals surface area contributed by atoms with Gasteiger partial charge in [-0.2, -0.15) is 0 Å². The molecule has 0 aliphatic carbocycles. The topological polar surface area (TPSA) is 70.5 Å². The van der Waals surface area contributed by atoms with Crippen LogP contribution in [0.1, 0.15) is 51.1 Å². The Morgan fingerprint density at radius 3 is 2.70 bits per heavy atom. The van der Waals surface area contributed by atoms with Crippen molar-refractivity contribution in [2.45, 2.75) is 51.6 Å². The third kappa shape index (κ3) is 2.85. The molecule has 0 radical (unpaired) electrons. The quantitative estimate of drug-likeness (QED) is 0.911. The Labute approximate surface area is 122 Å². The average Bonchev–Trinajstić information content (AvgIpc) is 2.77. The second kappa shape index (κ2) is 5.52. The highest BCUT2D eigenvalue weighted by molar-refractivity contribution is 7.09. The molecule has 1 amide bonds. The van der Waals surface area contributed by atoms with Gasteiger partial charge in [0.25, 0.3) is 0 Å². The first-order valence-corrected chi connectivity index (χ1v) is 7.64. The number of carbonyl (C=O) groups is 2. The Balaban J connectivity index is 2.52. The van der Waals surface area contributed by atoms with Crippen LogP contribution in [0.2, 0.25) is 0 Å². The summed E-state index contributed by atoms with van der Waals surface area (Å²) in [6.07, 6.45) is 3.19. The van der Waals surface area contributed by atoms with E-state index in [1.165, 1.54) is 11.3 Å². The van der Waals surface area contributed by atoms with E-state index < -0.39 is 23.5 Å². The fourth-order valence-electron chi connectivity index (χ4n) is 2.80. The van der Waals surface area contributed by atoms with Crippen molar-refractivity contribution in [3.8, 4) is 0 Å². The normalized spacial score (nSPS) is 24.6. The maximum Gasteiger partial charge on any atom is 0.309 e. The van der Waals surface area contributed by atoms with Crippen molar-refractivity contribution in [3.63, 3.8) is 0 Å². The van der Waals surface area contributed by atoms with Crippen LogP contribution in [0.3, 0.4) is 0 Å². The first-order valence-electron chi connectivity index (χ1n) is 6.76. The number of hydrogen-bond donors (Lipinski definition) is 1. The van der Waals surface area contributed by atoms with Crippen molar-refractivity contribution < 1.29 is 14.7 Å². The van der Waals surface area contributed by atoms with E-state index in [9.17, 15) is 14.7 Å². The van der Waals surface area contributed by atoms with Crippen molar-refractivity contribution in [2.75, 3.05) is 0 Å². The zero-order chi connectivity index (χ0) is 14.9. The van der Waals surface area contributed by atoms with E-state index in [-0.39, 0.29) is 5.91 Å². The molecule has 5 nitrogen and oxygen atoms in total. The van der Waals surface area contributed by atoms with Gasteiger partial charge in [-0.1, -0.05) is 0 Å². The molecule has 20 heavy (non-hydrogen) atoms. The number of aliphatic carboxylic acids is 1. The fourth-order valence-corrected chi connectivity index (χ4v) is 3.59. The van der Waals surface area contributed by atoms with Crippen LogP contribution in [0.25, 0.3) is 0 Å². The number of hydrogen-bond acceptors (Lipinski definition) is 4. The van der Waals surface area contributed by atoms with Gasteiger partial charge >= 0.3 is 5.97 Å².